The monoisotopic (exact) mass is 389 g/mol. The van der Waals surface area contributed by atoms with Gasteiger partial charge in [-0.15, -0.1) is 11.8 Å². The highest BCUT2D eigenvalue weighted by Gasteiger charge is 2.43. The number of carboxylic acid groups (broad SMARTS) is 1. The Bertz CT molecular complexity index is 789. The number of carboxylic acids is 1. The topological polar surface area (TPSA) is 57.6 Å². The van der Waals surface area contributed by atoms with Crippen LogP contribution in [0.5, 0.6) is 0 Å². The van der Waals surface area contributed by atoms with E-state index >= 15 is 0 Å². The minimum atomic E-state index is -0.909. The summed E-state index contributed by atoms with van der Waals surface area (Å²) >= 11 is 7.53. The largest absolute Gasteiger partial charge is 0.481 e. The van der Waals surface area contributed by atoms with Gasteiger partial charge in [0.15, 0.2) is 0 Å². The van der Waals surface area contributed by atoms with Crippen LogP contribution in [0.4, 0.5) is 0 Å². The van der Waals surface area contributed by atoms with Crippen LogP contribution in [0.1, 0.15) is 18.4 Å². The number of halogens is 1. The third-order valence-electron chi connectivity index (χ3n) is 4.89. The van der Waals surface area contributed by atoms with Gasteiger partial charge in [-0.25, -0.2) is 0 Å². The summed E-state index contributed by atoms with van der Waals surface area (Å²) in [6.07, 6.45) is 0.851. The van der Waals surface area contributed by atoms with Crippen LogP contribution in [0.3, 0.4) is 0 Å². The van der Waals surface area contributed by atoms with Crippen molar-refractivity contribution in [3.8, 4) is 0 Å². The number of carbonyl (C=O) groups is 2. The van der Waals surface area contributed by atoms with Crippen LogP contribution < -0.4 is 0 Å². The van der Waals surface area contributed by atoms with E-state index in [1.807, 2.05) is 48.5 Å². The fourth-order valence-corrected chi connectivity index (χ4v) is 4.46. The van der Waals surface area contributed by atoms with Crippen LogP contribution in [-0.4, -0.2) is 40.7 Å². The molecule has 0 unspecified atom stereocenters. The Morgan fingerprint density at radius 3 is 2.27 bits per heavy atom. The van der Waals surface area contributed by atoms with Crippen molar-refractivity contribution < 1.29 is 14.7 Å². The zero-order chi connectivity index (χ0) is 18.6. The second-order valence-corrected chi connectivity index (χ2v) is 7.78. The minimum absolute atomic E-state index is 0.0157. The second-order valence-electron chi connectivity index (χ2n) is 6.35. The third-order valence-corrected chi connectivity index (χ3v) is 6.39. The van der Waals surface area contributed by atoms with Gasteiger partial charge >= 0.3 is 5.97 Å². The summed E-state index contributed by atoms with van der Waals surface area (Å²) in [5.74, 6) is -0.502. The van der Waals surface area contributed by atoms with Gasteiger partial charge in [-0.05, 0) is 30.5 Å². The van der Waals surface area contributed by atoms with Crippen LogP contribution in [0, 0.1) is 0 Å². The molecule has 1 N–H and O–H groups in total. The van der Waals surface area contributed by atoms with Gasteiger partial charge in [0, 0.05) is 18.0 Å². The van der Waals surface area contributed by atoms with Gasteiger partial charge in [0.25, 0.3) is 0 Å². The summed E-state index contributed by atoms with van der Waals surface area (Å²) in [7, 11) is 0. The molecule has 1 fully saturated rings. The van der Waals surface area contributed by atoms with Crippen molar-refractivity contribution in [2.24, 2.45) is 0 Å². The molecule has 6 heteroatoms. The first-order valence-corrected chi connectivity index (χ1v) is 9.83. The molecule has 3 rings (SSSR count). The number of aliphatic carboxylic acids is 1. The lowest BCUT2D eigenvalue weighted by atomic mass is 9.73. The summed E-state index contributed by atoms with van der Waals surface area (Å²) in [6, 6.07) is 16.8. The number of amides is 1. The second kappa shape index (κ2) is 8.14. The molecule has 1 heterocycles. The summed E-state index contributed by atoms with van der Waals surface area (Å²) < 4.78 is 0. The molecule has 0 aromatic heterocycles. The minimum Gasteiger partial charge on any atom is -0.481 e. The van der Waals surface area contributed by atoms with Crippen LogP contribution >= 0.6 is 23.4 Å². The zero-order valence-corrected chi connectivity index (χ0v) is 15.8. The Balaban J connectivity index is 1.63. The molecular weight excluding hydrogens is 370 g/mol. The molecule has 0 atom stereocenters. The number of thioether (sulfide) groups is 1. The number of benzene rings is 2. The van der Waals surface area contributed by atoms with Gasteiger partial charge in [-0.1, -0.05) is 54.1 Å². The van der Waals surface area contributed by atoms with Gasteiger partial charge in [0.05, 0.1) is 16.2 Å². The number of carbonyl (C=O) groups excluding carboxylic acids is 1. The number of rotatable bonds is 5. The fourth-order valence-electron chi connectivity index (χ4n) is 3.31. The van der Waals surface area contributed by atoms with E-state index in [-0.39, 0.29) is 5.91 Å². The van der Waals surface area contributed by atoms with Crippen molar-refractivity contribution in [3.05, 3.63) is 65.2 Å². The Morgan fingerprint density at radius 1 is 1.04 bits per heavy atom. The SMILES string of the molecule is O=C(CSc1ccccc1Cl)N1CCC(C(=O)O)(c2ccccc2)CC1. The lowest BCUT2D eigenvalue weighted by Gasteiger charge is -2.39. The highest BCUT2D eigenvalue weighted by atomic mass is 35.5. The van der Waals surface area contributed by atoms with Crippen molar-refractivity contribution in [2.45, 2.75) is 23.2 Å². The highest BCUT2D eigenvalue weighted by Crippen LogP contribution is 2.36. The maximum absolute atomic E-state index is 12.5. The quantitative estimate of drug-likeness (QED) is 0.783. The average Bonchev–Trinajstić information content (AvgIpc) is 2.67. The van der Waals surface area contributed by atoms with Gasteiger partial charge < -0.3 is 10.0 Å². The number of nitrogens with zero attached hydrogens (tertiary/aromatic N) is 1. The number of hydrogen-bond acceptors (Lipinski definition) is 3. The van der Waals surface area contributed by atoms with E-state index < -0.39 is 11.4 Å². The zero-order valence-electron chi connectivity index (χ0n) is 14.2. The van der Waals surface area contributed by atoms with Crippen LogP contribution in [0.15, 0.2) is 59.5 Å². The van der Waals surface area contributed by atoms with Crippen LogP contribution in [0.25, 0.3) is 0 Å². The molecule has 0 bridgehead atoms. The van der Waals surface area contributed by atoms with E-state index in [2.05, 4.69) is 0 Å². The molecule has 0 saturated carbocycles. The maximum Gasteiger partial charge on any atom is 0.314 e. The van der Waals surface area contributed by atoms with Crippen molar-refractivity contribution >= 4 is 35.2 Å². The molecule has 1 saturated heterocycles. The van der Waals surface area contributed by atoms with Gasteiger partial charge in [0.1, 0.15) is 0 Å². The van der Waals surface area contributed by atoms with Gasteiger partial charge in [0.2, 0.25) is 5.91 Å². The fraction of sp³-hybridized carbons (Fsp3) is 0.300. The predicted molar refractivity (Wildman–Crippen MR) is 104 cm³/mol. The van der Waals surface area contributed by atoms with Crippen LogP contribution in [0.2, 0.25) is 5.02 Å². The van der Waals surface area contributed by atoms with E-state index in [1.54, 1.807) is 11.0 Å². The smallest absolute Gasteiger partial charge is 0.314 e. The van der Waals surface area contributed by atoms with E-state index in [4.69, 9.17) is 11.6 Å². The summed E-state index contributed by atoms with van der Waals surface area (Å²) in [6.45, 7) is 0.895. The molecule has 0 aliphatic carbocycles. The molecule has 1 aliphatic heterocycles. The van der Waals surface area contributed by atoms with E-state index in [9.17, 15) is 14.7 Å². The highest BCUT2D eigenvalue weighted by molar-refractivity contribution is 8.00. The molecule has 0 spiro atoms. The Kier molecular flexibility index (Phi) is 5.89. The maximum atomic E-state index is 12.5. The number of hydrogen-bond donors (Lipinski definition) is 1. The van der Waals surface area contributed by atoms with Crippen molar-refractivity contribution in [1.82, 2.24) is 4.90 Å². The first kappa shape index (κ1) is 18.8. The summed E-state index contributed by atoms with van der Waals surface area (Å²) in [5.41, 5.74) is -0.0986. The predicted octanol–water partition coefficient (Wildman–Crippen LogP) is 4.08. The van der Waals surface area contributed by atoms with Crippen molar-refractivity contribution in [1.29, 1.82) is 0 Å². The molecule has 2 aromatic rings. The first-order chi connectivity index (χ1) is 12.5. The van der Waals surface area contributed by atoms with E-state index in [1.165, 1.54) is 11.8 Å². The van der Waals surface area contributed by atoms with Crippen LogP contribution in [-0.2, 0) is 15.0 Å². The Morgan fingerprint density at radius 2 is 1.65 bits per heavy atom. The standard InChI is InChI=1S/C20H20ClNO3S/c21-16-8-4-5-9-17(16)26-14-18(23)22-12-10-20(11-13-22,19(24)25)15-6-2-1-3-7-15/h1-9H,10-14H2,(H,24,25). The molecule has 2 aromatic carbocycles. The molecule has 0 radical (unpaired) electrons. The Hall–Kier alpha value is -1.98. The third kappa shape index (κ3) is 3.89. The lowest BCUT2D eigenvalue weighted by Crippen LogP contribution is -2.49. The molecular formula is C20H20ClNO3S. The Labute approximate surface area is 162 Å². The van der Waals surface area contributed by atoms with E-state index in [0.717, 1.165) is 10.5 Å². The van der Waals surface area contributed by atoms with Gasteiger partial charge in [-0.3, -0.25) is 9.59 Å². The normalized spacial score (nSPS) is 16.3. The average molecular weight is 390 g/mol. The molecule has 26 heavy (non-hydrogen) atoms. The molecule has 1 amide bonds. The van der Waals surface area contributed by atoms with Crippen molar-refractivity contribution in [3.63, 3.8) is 0 Å². The summed E-state index contributed by atoms with van der Waals surface area (Å²) in [5, 5.41) is 10.5. The van der Waals surface area contributed by atoms with E-state index in [0.29, 0.717) is 36.7 Å². The first-order valence-electron chi connectivity index (χ1n) is 8.47. The molecule has 1 aliphatic rings. The van der Waals surface area contributed by atoms with Crippen molar-refractivity contribution in [2.75, 3.05) is 18.8 Å². The number of likely N-dealkylation sites (tertiary alicyclic amines) is 1. The van der Waals surface area contributed by atoms with Gasteiger partial charge in [-0.2, -0.15) is 0 Å². The lowest BCUT2D eigenvalue weighted by molar-refractivity contribution is -0.147. The molecule has 4 nitrogen and oxygen atoms in total. The molecule has 136 valence electrons. The number of piperidine rings is 1. The summed E-state index contributed by atoms with van der Waals surface area (Å²) in [4.78, 5) is 27.1.